The van der Waals surface area contributed by atoms with Gasteiger partial charge in [0.15, 0.2) is 0 Å². The molecule has 0 spiro atoms. The van der Waals surface area contributed by atoms with Crippen molar-refractivity contribution in [3.05, 3.63) is 33.8 Å². The zero-order valence-corrected chi connectivity index (χ0v) is 8.70. The van der Waals surface area contributed by atoms with E-state index in [0.29, 0.717) is 5.03 Å². The molecule has 0 bridgehead atoms. The summed E-state index contributed by atoms with van der Waals surface area (Å²) in [6.07, 6.45) is 1.65. The van der Waals surface area contributed by atoms with E-state index in [1.165, 1.54) is 0 Å². The number of aromatic nitrogens is 1. The summed E-state index contributed by atoms with van der Waals surface area (Å²) in [5.41, 5.74) is 0. The van der Waals surface area contributed by atoms with E-state index >= 15 is 0 Å². The second kappa shape index (κ2) is 5.13. The fourth-order valence-electron chi connectivity index (χ4n) is 0.588. The molecule has 0 N–H and O–H groups in total. The van der Waals surface area contributed by atoms with Gasteiger partial charge < -0.3 is 0 Å². The molecular formula is C8H4Cl2N2S. The summed E-state index contributed by atoms with van der Waals surface area (Å²) >= 11 is 12.4. The number of thioether (sulfide) groups is 1. The van der Waals surface area contributed by atoms with Gasteiger partial charge in [-0.25, -0.2) is 4.98 Å². The van der Waals surface area contributed by atoms with E-state index in [1.807, 2.05) is 6.07 Å². The van der Waals surface area contributed by atoms with Gasteiger partial charge in [-0.3, -0.25) is 0 Å². The molecule has 0 saturated heterocycles. The van der Waals surface area contributed by atoms with Crippen LogP contribution in [0, 0.1) is 11.3 Å². The molecule has 1 heterocycles. The molecule has 0 fully saturated rings. The lowest BCUT2D eigenvalue weighted by molar-refractivity contribution is 1.14. The minimum absolute atomic E-state index is 0.0164. The van der Waals surface area contributed by atoms with Gasteiger partial charge in [-0.15, -0.1) is 0 Å². The van der Waals surface area contributed by atoms with Gasteiger partial charge in [0.2, 0.25) is 0 Å². The predicted molar refractivity (Wildman–Crippen MR) is 54.4 cm³/mol. The molecule has 0 saturated carbocycles. The first-order valence-corrected chi connectivity index (χ1v) is 4.85. The molecular weight excluding hydrogens is 227 g/mol. The van der Waals surface area contributed by atoms with Crippen molar-refractivity contribution in [2.75, 3.05) is 0 Å². The second-order valence-corrected chi connectivity index (χ2v) is 3.98. The standard InChI is InChI=1S/C8H4Cl2N2S/c9-6(5-11)8(10)13-7-3-1-2-4-12-7/h1-4H. The number of rotatable bonds is 2. The molecule has 13 heavy (non-hydrogen) atoms. The molecule has 66 valence electrons. The molecule has 0 aliphatic heterocycles. The topological polar surface area (TPSA) is 36.7 Å². The maximum atomic E-state index is 8.43. The van der Waals surface area contributed by atoms with Gasteiger partial charge in [0.25, 0.3) is 0 Å². The van der Waals surface area contributed by atoms with E-state index in [0.717, 1.165) is 11.8 Å². The smallest absolute Gasteiger partial charge is 0.143 e. The summed E-state index contributed by atoms with van der Waals surface area (Å²) in [6.45, 7) is 0. The van der Waals surface area contributed by atoms with Crippen molar-refractivity contribution in [2.24, 2.45) is 0 Å². The number of halogens is 2. The molecule has 0 amide bonds. The lowest BCUT2D eigenvalue weighted by Gasteiger charge is -1.96. The Kier molecular flexibility index (Phi) is 4.10. The monoisotopic (exact) mass is 230 g/mol. The lowest BCUT2D eigenvalue weighted by Crippen LogP contribution is -1.76. The summed E-state index contributed by atoms with van der Waals surface area (Å²) in [5.74, 6) is 0. The highest BCUT2D eigenvalue weighted by Gasteiger charge is 2.03. The number of nitrogens with zero attached hydrogens (tertiary/aromatic N) is 2. The Bertz CT molecular complexity index is 356. The number of hydrogen-bond donors (Lipinski definition) is 0. The van der Waals surface area contributed by atoms with Crippen LogP contribution in [0.3, 0.4) is 0 Å². The zero-order chi connectivity index (χ0) is 9.68. The zero-order valence-electron chi connectivity index (χ0n) is 6.37. The molecule has 1 rings (SSSR count). The molecule has 0 atom stereocenters. The van der Waals surface area contributed by atoms with Crippen molar-refractivity contribution in [3.63, 3.8) is 0 Å². The third kappa shape index (κ3) is 3.27. The first-order chi connectivity index (χ1) is 6.24. The summed E-state index contributed by atoms with van der Waals surface area (Å²) in [7, 11) is 0. The summed E-state index contributed by atoms with van der Waals surface area (Å²) in [6, 6.07) is 7.17. The highest BCUT2D eigenvalue weighted by molar-refractivity contribution is 8.04. The molecule has 0 aromatic carbocycles. The summed E-state index contributed by atoms with van der Waals surface area (Å²) in [5, 5.41) is 9.12. The first kappa shape index (κ1) is 10.4. The normalized spacial score (nSPS) is 11.8. The Morgan fingerprint density at radius 1 is 1.46 bits per heavy atom. The molecule has 0 radical (unpaired) electrons. The van der Waals surface area contributed by atoms with Gasteiger partial charge in [-0.2, -0.15) is 5.26 Å². The lowest BCUT2D eigenvalue weighted by atomic mass is 10.5. The van der Waals surface area contributed by atoms with Crippen molar-refractivity contribution in [3.8, 4) is 6.07 Å². The Morgan fingerprint density at radius 3 is 2.77 bits per heavy atom. The Hall–Kier alpha value is -0.690. The summed E-state index contributed by atoms with van der Waals surface area (Å²) in [4.78, 5) is 4.01. The van der Waals surface area contributed by atoms with E-state index < -0.39 is 0 Å². The quantitative estimate of drug-likeness (QED) is 0.578. The predicted octanol–water partition coefficient (Wildman–Crippen LogP) is 3.34. The van der Waals surface area contributed by atoms with E-state index in [-0.39, 0.29) is 9.40 Å². The number of pyridine rings is 1. The Balaban J connectivity index is 2.78. The van der Waals surface area contributed by atoms with Crippen LogP contribution in [0.15, 0.2) is 38.8 Å². The number of nitriles is 1. The van der Waals surface area contributed by atoms with Crippen LogP contribution in [-0.2, 0) is 0 Å². The second-order valence-electron chi connectivity index (χ2n) is 1.97. The minimum Gasteiger partial charge on any atom is -0.250 e. The van der Waals surface area contributed by atoms with Crippen molar-refractivity contribution in [1.82, 2.24) is 4.98 Å². The van der Waals surface area contributed by atoms with E-state index in [1.54, 1.807) is 24.4 Å². The highest BCUT2D eigenvalue weighted by Crippen LogP contribution is 2.31. The fourth-order valence-corrected chi connectivity index (χ4v) is 1.56. The molecule has 1 aromatic heterocycles. The van der Waals surface area contributed by atoms with Gasteiger partial charge in [0.05, 0.1) is 0 Å². The van der Waals surface area contributed by atoms with Crippen LogP contribution in [0.25, 0.3) is 0 Å². The maximum Gasteiger partial charge on any atom is 0.143 e. The van der Waals surface area contributed by atoms with E-state index in [2.05, 4.69) is 4.98 Å². The van der Waals surface area contributed by atoms with Crippen LogP contribution >= 0.6 is 35.0 Å². The van der Waals surface area contributed by atoms with Crippen LogP contribution < -0.4 is 0 Å². The SMILES string of the molecule is N#CC(Cl)=C(Cl)Sc1ccccn1. The molecule has 2 nitrogen and oxygen atoms in total. The van der Waals surface area contributed by atoms with Gasteiger partial charge in [-0.1, -0.05) is 41.0 Å². The largest absolute Gasteiger partial charge is 0.250 e. The van der Waals surface area contributed by atoms with Crippen LogP contribution in [0.4, 0.5) is 0 Å². The van der Waals surface area contributed by atoms with Gasteiger partial charge in [0.1, 0.15) is 20.5 Å². The van der Waals surface area contributed by atoms with Crippen molar-refractivity contribution in [2.45, 2.75) is 5.03 Å². The average molecular weight is 231 g/mol. The van der Waals surface area contributed by atoms with Crippen LogP contribution in [0.1, 0.15) is 0 Å². The Morgan fingerprint density at radius 2 is 2.23 bits per heavy atom. The minimum atomic E-state index is -0.0164. The van der Waals surface area contributed by atoms with Gasteiger partial charge in [-0.05, 0) is 12.1 Å². The molecule has 0 aliphatic rings. The third-order valence-electron chi connectivity index (χ3n) is 1.10. The molecule has 0 unspecified atom stereocenters. The maximum absolute atomic E-state index is 8.43. The molecule has 1 aromatic rings. The third-order valence-corrected chi connectivity index (χ3v) is 2.84. The fraction of sp³-hybridized carbons (Fsp3) is 0. The molecule has 5 heteroatoms. The summed E-state index contributed by atoms with van der Waals surface area (Å²) < 4.78 is 0.239. The van der Waals surface area contributed by atoms with Gasteiger partial charge >= 0.3 is 0 Å². The van der Waals surface area contributed by atoms with E-state index in [9.17, 15) is 0 Å². The van der Waals surface area contributed by atoms with Crippen LogP contribution in [0.2, 0.25) is 0 Å². The van der Waals surface area contributed by atoms with Crippen molar-refractivity contribution < 1.29 is 0 Å². The van der Waals surface area contributed by atoms with Crippen LogP contribution in [0.5, 0.6) is 0 Å². The van der Waals surface area contributed by atoms with Crippen molar-refractivity contribution >= 4 is 35.0 Å². The first-order valence-electron chi connectivity index (χ1n) is 3.28. The van der Waals surface area contributed by atoms with Gasteiger partial charge in [0, 0.05) is 6.20 Å². The highest BCUT2D eigenvalue weighted by atomic mass is 35.5. The van der Waals surface area contributed by atoms with E-state index in [4.69, 9.17) is 28.5 Å². The number of allylic oxidation sites excluding steroid dienone is 1. The molecule has 0 aliphatic carbocycles. The Labute approximate surface area is 90.2 Å². The van der Waals surface area contributed by atoms with Crippen molar-refractivity contribution in [1.29, 1.82) is 5.26 Å². The average Bonchev–Trinajstić information content (AvgIpc) is 2.18. The van der Waals surface area contributed by atoms with Crippen LogP contribution in [-0.4, -0.2) is 4.98 Å². The number of hydrogen-bond acceptors (Lipinski definition) is 3.